The molecule has 0 radical (unpaired) electrons. The smallest absolute Gasteiger partial charge is 0.407 e. The van der Waals surface area contributed by atoms with E-state index < -0.39 is 35.4 Å². The van der Waals surface area contributed by atoms with Crippen LogP contribution in [0.1, 0.15) is 18.4 Å². The normalized spacial score (nSPS) is 31.2. The number of halogens is 2. The summed E-state index contributed by atoms with van der Waals surface area (Å²) in [7, 11) is 0. The van der Waals surface area contributed by atoms with Gasteiger partial charge in [0.1, 0.15) is 12.5 Å². The second-order valence-electron chi connectivity index (χ2n) is 5.86. The quantitative estimate of drug-likeness (QED) is 0.895. The van der Waals surface area contributed by atoms with E-state index in [-0.39, 0.29) is 19.4 Å². The zero-order valence-corrected chi connectivity index (χ0v) is 11.6. The molecule has 1 unspecified atom stereocenters. The summed E-state index contributed by atoms with van der Waals surface area (Å²) in [6, 6.07) is 8.60. The van der Waals surface area contributed by atoms with Gasteiger partial charge in [-0.25, -0.2) is 13.6 Å². The van der Waals surface area contributed by atoms with Gasteiger partial charge in [-0.05, 0) is 18.4 Å². The van der Waals surface area contributed by atoms with Crippen LogP contribution in [0.3, 0.4) is 0 Å². The highest BCUT2D eigenvalue weighted by Crippen LogP contribution is 2.75. The van der Waals surface area contributed by atoms with E-state index in [2.05, 4.69) is 5.32 Å². The minimum atomic E-state index is -3.18. The molecule has 118 valence electrons. The molecule has 5 nitrogen and oxygen atoms in total. The van der Waals surface area contributed by atoms with Crippen LogP contribution >= 0.6 is 0 Å². The fourth-order valence-corrected chi connectivity index (χ4v) is 3.26. The molecule has 1 spiro atoms. The monoisotopic (exact) mass is 311 g/mol. The zero-order valence-electron chi connectivity index (χ0n) is 11.6. The second kappa shape index (κ2) is 4.93. The van der Waals surface area contributed by atoms with Crippen LogP contribution in [-0.4, -0.2) is 29.1 Å². The maximum Gasteiger partial charge on any atom is 0.407 e. The van der Waals surface area contributed by atoms with Crippen LogP contribution in [0.4, 0.5) is 13.6 Å². The van der Waals surface area contributed by atoms with Crippen LogP contribution in [-0.2, 0) is 16.1 Å². The number of nitrogens with one attached hydrogen (secondary N) is 1. The highest BCUT2D eigenvalue weighted by molar-refractivity contribution is 5.78. The lowest BCUT2D eigenvalue weighted by atomic mass is 9.74. The average Bonchev–Trinajstić information content (AvgIpc) is 2.94. The molecule has 7 heteroatoms. The molecule has 2 aliphatic carbocycles. The van der Waals surface area contributed by atoms with Crippen molar-refractivity contribution in [2.24, 2.45) is 11.3 Å². The number of carbonyl (C=O) groups excluding carboxylic acids is 1. The molecular weight excluding hydrogens is 296 g/mol. The Morgan fingerprint density at radius 1 is 1.27 bits per heavy atom. The number of carboxylic acid groups (broad SMARTS) is 1. The molecule has 0 bridgehead atoms. The third-order valence-electron chi connectivity index (χ3n) is 4.50. The number of amides is 1. The number of hydrogen-bond acceptors (Lipinski definition) is 3. The molecule has 2 fully saturated rings. The largest absolute Gasteiger partial charge is 0.481 e. The third kappa shape index (κ3) is 2.20. The van der Waals surface area contributed by atoms with Crippen molar-refractivity contribution in [3.8, 4) is 0 Å². The molecule has 0 heterocycles. The second-order valence-corrected chi connectivity index (χ2v) is 5.86. The Balaban J connectivity index is 1.45. The van der Waals surface area contributed by atoms with Crippen molar-refractivity contribution in [3.05, 3.63) is 35.9 Å². The van der Waals surface area contributed by atoms with Crippen molar-refractivity contribution in [1.82, 2.24) is 5.32 Å². The average molecular weight is 311 g/mol. The summed E-state index contributed by atoms with van der Waals surface area (Å²) in [5, 5.41) is 11.3. The Morgan fingerprint density at radius 2 is 1.91 bits per heavy atom. The maximum absolute atomic E-state index is 13.5. The maximum atomic E-state index is 13.5. The molecule has 22 heavy (non-hydrogen) atoms. The van der Waals surface area contributed by atoms with E-state index in [4.69, 9.17) is 9.84 Å². The number of carboxylic acids is 1. The summed E-state index contributed by atoms with van der Waals surface area (Å²) in [5.74, 6) is -6.28. The molecule has 0 aromatic heterocycles. The van der Waals surface area contributed by atoms with E-state index in [1.54, 1.807) is 12.1 Å². The van der Waals surface area contributed by atoms with Crippen LogP contribution in [0.2, 0.25) is 0 Å². The van der Waals surface area contributed by atoms with Crippen LogP contribution < -0.4 is 5.32 Å². The summed E-state index contributed by atoms with van der Waals surface area (Å²) in [5.41, 5.74) is -0.654. The number of carbonyl (C=O) groups is 2. The van der Waals surface area contributed by atoms with Crippen LogP contribution in [0.25, 0.3) is 0 Å². The van der Waals surface area contributed by atoms with E-state index in [9.17, 15) is 18.4 Å². The first-order chi connectivity index (χ1) is 10.4. The van der Waals surface area contributed by atoms with Crippen molar-refractivity contribution in [1.29, 1.82) is 0 Å². The Morgan fingerprint density at radius 3 is 2.45 bits per heavy atom. The predicted octanol–water partition coefficient (Wildman–Crippen LogP) is 2.41. The lowest BCUT2D eigenvalue weighted by molar-refractivity contribution is -0.141. The van der Waals surface area contributed by atoms with E-state index in [1.165, 1.54) is 0 Å². The summed E-state index contributed by atoms with van der Waals surface area (Å²) in [4.78, 5) is 22.4. The molecule has 1 aromatic rings. The molecule has 0 saturated heterocycles. The lowest BCUT2D eigenvalue weighted by Gasteiger charge is -2.36. The van der Waals surface area contributed by atoms with Gasteiger partial charge in [-0.1, -0.05) is 30.3 Å². The van der Waals surface area contributed by atoms with Gasteiger partial charge in [-0.2, -0.15) is 0 Å². The van der Waals surface area contributed by atoms with Crippen molar-refractivity contribution < 1.29 is 28.2 Å². The minimum absolute atomic E-state index is 0.0304. The summed E-state index contributed by atoms with van der Waals surface area (Å²) < 4.78 is 32.0. The van der Waals surface area contributed by atoms with Crippen molar-refractivity contribution in [2.45, 2.75) is 31.4 Å². The standard InChI is InChI=1S/C15H15F2NO4/c16-15(17)11(12(19)20)14(15)6-10(7-14)18-13(21)22-8-9-4-2-1-3-5-9/h1-5,10-11H,6-8H2,(H,18,21)(H,19,20). The number of hydrogen-bond donors (Lipinski definition) is 2. The number of rotatable bonds is 4. The molecule has 3 rings (SSSR count). The highest BCUT2D eigenvalue weighted by Gasteiger charge is 2.87. The van der Waals surface area contributed by atoms with Gasteiger partial charge in [-0.3, -0.25) is 4.79 Å². The van der Waals surface area contributed by atoms with E-state index in [1.807, 2.05) is 18.2 Å². The molecule has 2 aliphatic rings. The Hall–Kier alpha value is -2.18. The zero-order chi connectivity index (χ0) is 16.0. The fourth-order valence-electron chi connectivity index (χ4n) is 3.26. The third-order valence-corrected chi connectivity index (χ3v) is 4.50. The number of alkyl halides is 2. The molecule has 1 aromatic carbocycles. The Labute approximate surface area is 125 Å². The Bertz CT molecular complexity index is 599. The van der Waals surface area contributed by atoms with E-state index in [0.29, 0.717) is 0 Å². The summed E-state index contributed by atoms with van der Waals surface area (Å²) in [6.07, 6.45) is -0.742. The number of benzene rings is 1. The lowest BCUT2D eigenvalue weighted by Crippen LogP contribution is -2.48. The first-order valence-corrected chi connectivity index (χ1v) is 6.95. The van der Waals surface area contributed by atoms with Gasteiger partial charge in [-0.15, -0.1) is 0 Å². The SMILES string of the molecule is O=C(NC1CC2(C1)C(C(=O)O)C2(F)F)OCc1ccccc1. The van der Waals surface area contributed by atoms with Gasteiger partial charge in [0.2, 0.25) is 0 Å². The van der Waals surface area contributed by atoms with E-state index >= 15 is 0 Å². The topological polar surface area (TPSA) is 75.6 Å². The molecule has 2 saturated carbocycles. The molecular formula is C15H15F2NO4. The highest BCUT2D eigenvalue weighted by atomic mass is 19.3. The molecule has 1 amide bonds. The molecule has 2 N–H and O–H groups in total. The summed E-state index contributed by atoms with van der Waals surface area (Å²) in [6.45, 7) is 0.0957. The van der Waals surface area contributed by atoms with Gasteiger partial charge in [0, 0.05) is 6.04 Å². The number of ether oxygens (including phenoxy) is 1. The first kappa shape index (κ1) is 14.7. The number of alkyl carbamates (subject to hydrolysis) is 1. The van der Waals surface area contributed by atoms with Crippen molar-refractivity contribution in [3.63, 3.8) is 0 Å². The first-order valence-electron chi connectivity index (χ1n) is 6.95. The van der Waals surface area contributed by atoms with Gasteiger partial charge in [0.15, 0.2) is 0 Å². The van der Waals surface area contributed by atoms with Gasteiger partial charge < -0.3 is 15.2 Å². The molecule has 0 aliphatic heterocycles. The van der Waals surface area contributed by atoms with Crippen LogP contribution in [0.5, 0.6) is 0 Å². The number of aliphatic carboxylic acids is 1. The minimum Gasteiger partial charge on any atom is -0.481 e. The fraction of sp³-hybridized carbons (Fsp3) is 0.467. The summed E-state index contributed by atoms with van der Waals surface area (Å²) >= 11 is 0. The van der Waals surface area contributed by atoms with Gasteiger partial charge in [0.05, 0.1) is 5.41 Å². The van der Waals surface area contributed by atoms with Gasteiger partial charge in [0.25, 0.3) is 5.92 Å². The molecule has 1 atom stereocenters. The van der Waals surface area contributed by atoms with Crippen molar-refractivity contribution >= 4 is 12.1 Å². The van der Waals surface area contributed by atoms with Crippen molar-refractivity contribution in [2.75, 3.05) is 0 Å². The van der Waals surface area contributed by atoms with Crippen LogP contribution in [0, 0.1) is 11.3 Å². The Kier molecular flexibility index (Phi) is 3.30. The van der Waals surface area contributed by atoms with Gasteiger partial charge >= 0.3 is 12.1 Å². The van der Waals surface area contributed by atoms with E-state index in [0.717, 1.165) is 5.56 Å². The predicted molar refractivity (Wildman–Crippen MR) is 71.3 cm³/mol. The van der Waals surface area contributed by atoms with Crippen LogP contribution in [0.15, 0.2) is 30.3 Å².